The van der Waals surface area contributed by atoms with Crippen molar-refractivity contribution >= 4 is 25.9 Å². The van der Waals surface area contributed by atoms with Gasteiger partial charge in [-0.25, -0.2) is 0 Å². The fourth-order valence-electron chi connectivity index (χ4n) is 11.6. The van der Waals surface area contributed by atoms with Crippen molar-refractivity contribution in [2.75, 3.05) is 121 Å². The van der Waals surface area contributed by atoms with Crippen LogP contribution in [0.3, 0.4) is 0 Å². The average molecular weight is 1250 g/mol. The molecular formula is C69H144N6O10P+3. The SMILES string of the molecule is CCCCCCCCCCCCCCC(=O)NCCC[N+](C)(C)CC(O)CO[P+]([O-])(OCC(O)C[N+](C)(C)CCCNC(=O)CCCCCCCCCCCCCC)OCC(O)C[N+](C)(C)CCCNC(=O)CCCCCCCCCCCCCC. The predicted octanol–water partition coefficient (Wildman–Crippen LogP) is 13.2. The van der Waals surface area contributed by atoms with E-state index in [0.29, 0.717) is 72.0 Å². The number of hydrogen-bond donors (Lipinski definition) is 6. The summed E-state index contributed by atoms with van der Waals surface area (Å²) in [6.45, 7) is 10.2. The Morgan fingerprint density at radius 1 is 0.337 bits per heavy atom. The zero-order chi connectivity index (χ0) is 63.9. The van der Waals surface area contributed by atoms with Crippen LogP contribution >= 0.6 is 8.17 Å². The van der Waals surface area contributed by atoms with E-state index in [-0.39, 0.29) is 57.2 Å². The zero-order valence-electron chi connectivity index (χ0n) is 57.9. The predicted molar refractivity (Wildman–Crippen MR) is 358 cm³/mol. The van der Waals surface area contributed by atoms with E-state index < -0.39 is 26.5 Å². The molecule has 86 heavy (non-hydrogen) atoms. The Bertz CT molecular complexity index is 1390. The van der Waals surface area contributed by atoms with Crippen molar-refractivity contribution in [2.45, 2.75) is 309 Å². The first-order chi connectivity index (χ1) is 41.2. The second-order valence-electron chi connectivity index (χ2n) is 27.8. The highest BCUT2D eigenvalue weighted by Gasteiger charge is 2.38. The molecule has 0 aromatic carbocycles. The minimum Gasteiger partial charge on any atom is -0.606 e. The minimum atomic E-state index is -4.41. The Morgan fingerprint density at radius 3 is 0.721 bits per heavy atom. The van der Waals surface area contributed by atoms with Crippen molar-refractivity contribution in [2.24, 2.45) is 0 Å². The molecule has 3 atom stereocenters. The highest BCUT2D eigenvalue weighted by molar-refractivity contribution is 7.54. The van der Waals surface area contributed by atoms with Crippen molar-refractivity contribution in [1.82, 2.24) is 16.0 Å². The first-order valence-corrected chi connectivity index (χ1v) is 37.5. The Morgan fingerprint density at radius 2 is 0.523 bits per heavy atom. The largest absolute Gasteiger partial charge is 0.606 e. The maximum absolute atomic E-state index is 14.3. The molecule has 0 rings (SSSR count). The van der Waals surface area contributed by atoms with Gasteiger partial charge in [-0.15, -0.1) is 0 Å². The van der Waals surface area contributed by atoms with Gasteiger partial charge in [-0.1, -0.05) is 233 Å². The second-order valence-corrected chi connectivity index (χ2v) is 29.5. The number of likely N-dealkylation sites (N-methyl/N-ethyl adjacent to an activating group) is 3. The lowest BCUT2D eigenvalue weighted by Gasteiger charge is -2.34. The number of rotatable bonds is 66. The van der Waals surface area contributed by atoms with Gasteiger partial charge in [0.15, 0.2) is 0 Å². The smallest absolute Gasteiger partial charge is 0.379 e. The molecule has 0 radical (unpaired) electrons. The summed E-state index contributed by atoms with van der Waals surface area (Å²) in [5.41, 5.74) is 0. The molecule has 16 nitrogen and oxygen atoms in total. The van der Waals surface area contributed by atoms with Gasteiger partial charge in [-0.2, -0.15) is 13.6 Å². The molecule has 0 aliphatic rings. The van der Waals surface area contributed by atoms with Crippen molar-refractivity contribution in [3.8, 4) is 0 Å². The van der Waals surface area contributed by atoms with Crippen LogP contribution in [0.5, 0.6) is 0 Å². The molecule has 0 fully saturated rings. The van der Waals surface area contributed by atoms with Crippen LogP contribution in [0.25, 0.3) is 0 Å². The molecule has 0 saturated heterocycles. The minimum absolute atomic E-state index is 0.0768. The molecule has 3 amide bonds. The van der Waals surface area contributed by atoms with Crippen molar-refractivity contribution in [3.05, 3.63) is 0 Å². The normalized spacial score (nSPS) is 14.1. The average Bonchev–Trinajstić information content (AvgIpc) is 3.52. The third-order valence-electron chi connectivity index (χ3n) is 16.9. The van der Waals surface area contributed by atoms with Crippen LogP contribution in [0.4, 0.5) is 0 Å². The first-order valence-electron chi connectivity index (χ1n) is 36.0. The summed E-state index contributed by atoms with van der Waals surface area (Å²) >= 11 is 0. The number of aliphatic hydroxyl groups excluding tert-OH is 3. The molecule has 512 valence electrons. The molecule has 0 spiro atoms. The lowest BCUT2D eigenvalue weighted by atomic mass is 10.0. The van der Waals surface area contributed by atoms with Gasteiger partial charge >= 0.3 is 8.17 Å². The molecule has 0 bridgehead atoms. The van der Waals surface area contributed by atoms with Gasteiger partial charge in [-0.05, 0) is 19.3 Å². The molecule has 0 saturated carbocycles. The van der Waals surface area contributed by atoms with Crippen LogP contribution in [0.1, 0.15) is 290 Å². The number of carbonyl (C=O) groups excluding carboxylic acids is 3. The number of nitrogens with one attached hydrogen (secondary N) is 3. The van der Waals surface area contributed by atoms with Crippen LogP contribution < -0.4 is 20.8 Å². The van der Waals surface area contributed by atoms with E-state index in [2.05, 4.69) is 36.7 Å². The fourth-order valence-corrected chi connectivity index (χ4v) is 12.9. The number of phosphoric ester groups is 1. The number of carbonyl (C=O) groups is 3. The molecule has 3 unspecified atom stereocenters. The number of nitrogens with zero attached hydrogens (tertiary/aromatic N) is 3. The summed E-state index contributed by atoms with van der Waals surface area (Å²) in [7, 11) is 7.51. The Kier molecular flexibility index (Phi) is 55.2. The lowest BCUT2D eigenvalue weighted by Crippen LogP contribution is -2.49. The van der Waals surface area contributed by atoms with Crippen LogP contribution in [-0.2, 0) is 28.0 Å². The van der Waals surface area contributed by atoms with Crippen LogP contribution in [-0.4, -0.2) is 186 Å². The summed E-state index contributed by atoms with van der Waals surface area (Å²) in [5, 5.41) is 42.8. The molecule has 0 aliphatic carbocycles. The standard InChI is InChI=1S/C69H141N6O10P/c1-10-13-16-19-22-25-28-31-34-37-40-43-49-67(79)70-52-46-55-73(4,5)58-64(76)61-83-86(82,84-62-65(77)59-74(6,7)56-47-53-71-68(80)50-44-41-38-35-32-29-26-23-20-17-14-11-2)85-63-66(78)60-75(8,9)57-48-54-72-69(81)51-45-42-39-36-33-30-27-24-21-18-15-12-3/h64-66,76-78H,10-63H2,1-9H3/p+3. The van der Waals surface area contributed by atoms with E-state index in [0.717, 1.165) is 57.8 Å². The van der Waals surface area contributed by atoms with Crippen molar-refractivity contribution in [1.29, 1.82) is 0 Å². The highest BCUT2D eigenvalue weighted by Crippen LogP contribution is 2.54. The summed E-state index contributed by atoms with van der Waals surface area (Å²) in [5.74, 6) is 0.230. The maximum atomic E-state index is 14.3. The summed E-state index contributed by atoms with van der Waals surface area (Å²) < 4.78 is 18.6. The molecule has 0 aliphatic heterocycles. The topological polar surface area (TPSA) is 199 Å². The first kappa shape index (κ1) is 84.4. The van der Waals surface area contributed by atoms with E-state index in [1.165, 1.54) is 193 Å². The molecule has 6 N–H and O–H groups in total. The van der Waals surface area contributed by atoms with E-state index in [9.17, 15) is 34.6 Å². The zero-order valence-corrected chi connectivity index (χ0v) is 58.8. The second kappa shape index (κ2) is 56.2. The van der Waals surface area contributed by atoms with Gasteiger partial charge in [0, 0.05) is 58.2 Å². The van der Waals surface area contributed by atoms with Gasteiger partial charge in [0.2, 0.25) is 17.7 Å². The number of amides is 3. The third-order valence-corrected chi connectivity index (χ3v) is 18.3. The van der Waals surface area contributed by atoms with Gasteiger partial charge in [0.1, 0.15) is 57.8 Å². The lowest BCUT2D eigenvalue weighted by molar-refractivity contribution is -0.893. The van der Waals surface area contributed by atoms with E-state index in [4.69, 9.17) is 13.6 Å². The Balaban J connectivity index is 5.08. The monoisotopic (exact) mass is 1250 g/mol. The van der Waals surface area contributed by atoms with Gasteiger partial charge in [-0.3, -0.25) is 14.4 Å². The van der Waals surface area contributed by atoms with Crippen LogP contribution in [0.2, 0.25) is 0 Å². The highest BCUT2D eigenvalue weighted by atomic mass is 31.2. The van der Waals surface area contributed by atoms with Gasteiger partial charge in [0.05, 0.1) is 61.9 Å². The molecule has 0 aromatic heterocycles. The van der Waals surface area contributed by atoms with Crippen LogP contribution in [0, 0.1) is 0 Å². The summed E-state index contributed by atoms with van der Waals surface area (Å²) in [4.78, 5) is 52.0. The third kappa shape index (κ3) is 57.6. The van der Waals surface area contributed by atoms with Crippen LogP contribution in [0.15, 0.2) is 0 Å². The van der Waals surface area contributed by atoms with Gasteiger partial charge < -0.3 is 49.6 Å². The van der Waals surface area contributed by atoms with Crippen molar-refractivity contribution < 1.29 is 61.6 Å². The number of quaternary nitrogens is 3. The molecule has 0 aromatic rings. The number of hydrogen-bond acceptors (Lipinski definition) is 10. The Labute approximate surface area is 531 Å². The molecule has 17 heteroatoms. The number of unbranched alkanes of at least 4 members (excludes halogenated alkanes) is 33. The van der Waals surface area contributed by atoms with Gasteiger partial charge in [0.25, 0.3) is 0 Å². The number of phosphoric acid groups is 1. The fraction of sp³-hybridized carbons (Fsp3) is 0.957. The van der Waals surface area contributed by atoms with Crippen molar-refractivity contribution in [3.63, 3.8) is 0 Å². The molecule has 0 heterocycles. The van der Waals surface area contributed by atoms with E-state index in [1.807, 2.05) is 42.3 Å². The molecular weight excluding hydrogens is 1100 g/mol. The maximum Gasteiger partial charge on any atom is 0.379 e. The quantitative estimate of drug-likeness (QED) is 0.0194. The number of aliphatic hydroxyl groups is 3. The van der Waals surface area contributed by atoms with E-state index in [1.54, 1.807) is 0 Å². The Hall–Kier alpha value is -1.56. The summed E-state index contributed by atoms with van der Waals surface area (Å²) in [6, 6.07) is 0. The summed E-state index contributed by atoms with van der Waals surface area (Å²) in [6.07, 6.45) is 45.9. The van der Waals surface area contributed by atoms with E-state index >= 15 is 0 Å².